The Morgan fingerprint density at radius 3 is 1.97 bits per heavy atom. The summed E-state index contributed by atoms with van der Waals surface area (Å²) >= 11 is 0. The molecule has 2 aliphatic rings. The van der Waals surface area contributed by atoms with E-state index in [1.54, 1.807) is 6.08 Å². The summed E-state index contributed by atoms with van der Waals surface area (Å²) in [6, 6.07) is 12.8. The predicted octanol–water partition coefficient (Wildman–Crippen LogP) is 3.24. The highest BCUT2D eigenvalue weighted by Gasteiger charge is 2.20. The number of benzene rings is 1. The first-order valence-electron chi connectivity index (χ1n) is 10.8. The van der Waals surface area contributed by atoms with Gasteiger partial charge in [0.15, 0.2) is 12.4 Å². The van der Waals surface area contributed by atoms with Gasteiger partial charge in [-0.05, 0) is 36.6 Å². The second kappa shape index (κ2) is 9.59. The Bertz CT molecular complexity index is 803. The van der Waals surface area contributed by atoms with Gasteiger partial charge in [-0.15, -0.1) is 0 Å². The van der Waals surface area contributed by atoms with Gasteiger partial charge in [0, 0.05) is 68.9 Å². The second-order valence-electron chi connectivity index (χ2n) is 7.90. The largest absolute Gasteiger partial charge is 0.372 e. The van der Waals surface area contributed by atoms with E-state index in [2.05, 4.69) is 51.2 Å². The number of piperazine rings is 1. The van der Waals surface area contributed by atoms with Gasteiger partial charge in [0.25, 0.3) is 0 Å². The lowest BCUT2D eigenvalue weighted by atomic mass is 10.1. The molecule has 1 aromatic heterocycles. The van der Waals surface area contributed by atoms with Crippen LogP contribution in [-0.2, 0) is 4.79 Å². The van der Waals surface area contributed by atoms with Crippen LogP contribution in [0.3, 0.4) is 0 Å². The molecule has 5 heteroatoms. The molecule has 4 rings (SSSR count). The number of nitrogens with zero attached hydrogens (tertiary/aromatic N) is 3. The molecule has 3 heterocycles. The maximum Gasteiger partial charge on any atom is 0.246 e. The molecule has 29 heavy (non-hydrogen) atoms. The number of carbonyl (C=O) groups is 1. The Kier molecular flexibility index (Phi) is 6.45. The van der Waals surface area contributed by atoms with Gasteiger partial charge in [0.1, 0.15) is 0 Å². The molecule has 2 aromatic rings. The van der Waals surface area contributed by atoms with Crippen LogP contribution in [0.5, 0.6) is 0 Å². The molecule has 2 fully saturated rings. The average molecular weight is 392 g/mol. The van der Waals surface area contributed by atoms with Gasteiger partial charge in [-0.2, -0.15) is 0 Å². The zero-order valence-corrected chi connectivity index (χ0v) is 17.1. The predicted molar refractivity (Wildman–Crippen MR) is 118 cm³/mol. The minimum Gasteiger partial charge on any atom is -0.372 e. The first kappa shape index (κ1) is 19.5. The van der Waals surface area contributed by atoms with E-state index in [1.807, 2.05) is 23.4 Å². The monoisotopic (exact) mass is 391 g/mol. The molecular formula is C24H31N4O+. The van der Waals surface area contributed by atoms with E-state index in [0.717, 1.165) is 44.8 Å². The van der Waals surface area contributed by atoms with Gasteiger partial charge in [0.05, 0.1) is 0 Å². The SMILES string of the molecule is O=C(/C=C/c1ccc(N2CCCCCC2)cc1)N1CCN(c2cc[nH+]cc2)CC1. The molecule has 5 nitrogen and oxygen atoms in total. The molecule has 2 aliphatic heterocycles. The lowest BCUT2D eigenvalue weighted by molar-refractivity contribution is -0.377. The van der Waals surface area contributed by atoms with Crippen LogP contribution < -0.4 is 14.8 Å². The highest BCUT2D eigenvalue weighted by atomic mass is 16.2. The number of anilines is 2. The molecule has 0 spiro atoms. The van der Waals surface area contributed by atoms with Crippen molar-refractivity contribution in [3.05, 3.63) is 60.4 Å². The molecule has 1 amide bonds. The van der Waals surface area contributed by atoms with Gasteiger partial charge in [-0.25, -0.2) is 4.98 Å². The van der Waals surface area contributed by atoms with E-state index >= 15 is 0 Å². The van der Waals surface area contributed by atoms with Crippen LogP contribution in [0, 0.1) is 0 Å². The van der Waals surface area contributed by atoms with Gasteiger partial charge in [0.2, 0.25) is 5.91 Å². The number of carbonyl (C=O) groups excluding carboxylic acids is 1. The van der Waals surface area contributed by atoms with Crippen molar-refractivity contribution in [3.8, 4) is 0 Å². The molecule has 0 unspecified atom stereocenters. The van der Waals surface area contributed by atoms with E-state index in [9.17, 15) is 4.79 Å². The summed E-state index contributed by atoms with van der Waals surface area (Å²) < 4.78 is 0. The number of H-pyrrole nitrogens is 1. The van der Waals surface area contributed by atoms with Crippen molar-refractivity contribution in [1.82, 2.24) is 4.90 Å². The summed E-state index contributed by atoms with van der Waals surface area (Å²) in [6.07, 6.45) is 12.8. The fraction of sp³-hybridized carbons (Fsp3) is 0.417. The Balaban J connectivity index is 1.29. The highest BCUT2D eigenvalue weighted by Crippen LogP contribution is 2.20. The van der Waals surface area contributed by atoms with Crippen molar-refractivity contribution in [1.29, 1.82) is 0 Å². The van der Waals surface area contributed by atoms with Crippen LogP contribution in [0.15, 0.2) is 54.9 Å². The number of amides is 1. The third kappa shape index (κ3) is 5.17. The number of aromatic nitrogens is 1. The van der Waals surface area contributed by atoms with Crippen molar-refractivity contribution in [2.45, 2.75) is 25.7 Å². The summed E-state index contributed by atoms with van der Waals surface area (Å²) in [4.78, 5) is 22.4. The number of hydrogen-bond acceptors (Lipinski definition) is 3. The molecule has 2 saturated heterocycles. The lowest BCUT2D eigenvalue weighted by Gasteiger charge is -2.35. The second-order valence-corrected chi connectivity index (χ2v) is 7.90. The van der Waals surface area contributed by atoms with E-state index in [4.69, 9.17) is 0 Å². The minimum atomic E-state index is 0.0997. The first-order valence-corrected chi connectivity index (χ1v) is 10.8. The smallest absolute Gasteiger partial charge is 0.246 e. The van der Waals surface area contributed by atoms with Crippen LogP contribution in [0.4, 0.5) is 11.4 Å². The first-order chi connectivity index (χ1) is 14.3. The number of hydrogen-bond donors (Lipinski definition) is 0. The molecule has 0 saturated carbocycles. The summed E-state index contributed by atoms with van der Waals surface area (Å²) in [6.45, 7) is 5.56. The Morgan fingerprint density at radius 2 is 1.31 bits per heavy atom. The summed E-state index contributed by atoms with van der Waals surface area (Å²) in [5.41, 5.74) is 3.58. The maximum atomic E-state index is 12.6. The summed E-state index contributed by atoms with van der Waals surface area (Å²) in [5, 5.41) is 0. The number of rotatable bonds is 4. The van der Waals surface area contributed by atoms with Crippen molar-refractivity contribution in [3.63, 3.8) is 0 Å². The zero-order chi connectivity index (χ0) is 19.9. The van der Waals surface area contributed by atoms with Crippen molar-refractivity contribution in [2.24, 2.45) is 0 Å². The summed E-state index contributed by atoms with van der Waals surface area (Å²) in [7, 11) is 0. The van der Waals surface area contributed by atoms with Gasteiger partial charge < -0.3 is 14.7 Å². The molecule has 0 aliphatic carbocycles. The third-order valence-electron chi connectivity index (χ3n) is 5.94. The topological polar surface area (TPSA) is 40.9 Å². The van der Waals surface area contributed by atoms with E-state index < -0.39 is 0 Å². The highest BCUT2D eigenvalue weighted by molar-refractivity contribution is 5.92. The standard InChI is InChI=1S/C24H30N4O/c29-24(28-19-17-27(18-20-28)23-11-13-25-14-12-23)10-7-21-5-8-22(9-6-21)26-15-3-1-2-4-16-26/h5-14H,1-4,15-20H2/p+1/b10-7+. The normalized spacial score (nSPS) is 18.1. The molecule has 0 bridgehead atoms. The maximum absolute atomic E-state index is 12.6. The van der Waals surface area contributed by atoms with Gasteiger partial charge in [-0.3, -0.25) is 4.79 Å². The van der Waals surface area contributed by atoms with Crippen LogP contribution >= 0.6 is 0 Å². The Labute approximate surface area is 173 Å². The van der Waals surface area contributed by atoms with Crippen LogP contribution in [-0.4, -0.2) is 50.1 Å². The molecule has 1 aromatic carbocycles. The minimum absolute atomic E-state index is 0.0997. The molecule has 0 atom stereocenters. The Morgan fingerprint density at radius 1 is 0.724 bits per heavy atom. The lowest BCUT2D eigenvalue weighted by Crippen LogP contribution is -2.48. The molecule has 1 N–H and O–H groups in total. The van der Waals surface area contributed by atoms with Gasteiger partial charge >= 0.3 is 0 Å². The van der Waals surface area contributed by atoms with Crippen LogP contribution in [0.2, 0.25) is 0 Å². The molecular weight excluding hydrogens is 360 g/mol. The van der Waals surface area contributed by atoms with Crippen molar-refractivity contribution in [2.75, 3.05) is 49.1 Å². The average Bonchev–Trinajstić information content (AvgIpc) is 3.08. The Hall–Kier alpha value is -2.82. The number of pyridine rings is 1. The fourth-order valence-corrected chi connectivity index (χ4v) is 4.17. The fourth-order valence-electron chi connectivity index (χ4n) is 4.17. The number of nitrogens with one attached hydrogen (secondary N) is 1. The van der Waals surface area contributed by atoms with E-state index in [-0.39, 0.29) is 5.91 Å². The molecule has 152 valence electrons. The molecule has 0 radical (unpaired) electrons. The zero-order valence-electron chi connectivity index (χ0n) is 17.1. The quantitative estimate of drug-likeness (QED) is 0.752. The van der Waals surface area contributed by atoms with Crippen molar-refractivity contribution < 1.29 is 9.78 Å². The van der Waals surface area contributed by atoms with Crippen LogP contribution in [0.1, 0.15) is 31.2 Å². The number of aromatic amines is 1. The van der Waals surface area contributed by atoms with Gasteiger partial charge in [-0.1, -0.05) is 25.0 Å². The van der Waals surface area contributed by atoms with E-state index in [1.165, 1.54) is 37.1 Å². The third-order valence-corrected chi connectivity index (χ3v) is 5.94. The van der Waals surface area contributed by atoms with Crippen molar-refractivity contribution >= 4 is 23.4 Å². The van der Waals surface area contributed by atoms with E-state index in [0.29, 0.717) is 0 Å². The van der Waals surface area contributed by atoms with Crippen LogP contribution in [0.25, 0.3) is 6.08 Å². The summed E-state index contributed by atoms with van der Waals surface area (Å²) in [5.74, 6) is 0.0997.